The lowest BCUT2D eigenvalue weighted by Crippen LogP contribution is -2.34. The van der Waals surface area contributed by atoms with Crippen LogP contribution in [0.25, 0.3) is 0 Å². The van der Waals surface area contributed by atoms with Crippen LogP contribution in [-0.4, -0.2) is 51.9 Å². The highest BCUT2D eigenvalue weighted by Crippen LogP contribution is 2.24. The molecule has 8 heteroatoms. The zero-order valence-electron chi connectivity index (χ0n) is 16.0. The number of rotatable bonds is 6. The Bertz CT molecular complexity index is 763. The highest BCUT2D eigenvalue weighted by molar-refractivity contribution is 7.89. The maximum absolute atomic E-state index is 12.8. The Morgan fingerprint density at radius 3 is 2.59 bits per heavy atom. The first-order valence-electron chi connectivity index (χ1n) is 9.47. The molecule has 2 fully saturated rings. The van der Waals surface area contributed by atoms with Gasteiger partial charge in [-0.25, -0.2) is 13.1 Å². The molecule has 152 valence electrons. The number of nitrogens with one attached hydrogen (secondary N) is 2. The third-order valence-corrected chi connectivity index (χ3v) is 7.13. The number of hydrogen-bond donors (Lipinski definition) is 2. The molecule has 1 atom stereocenters. The van der Waals surface area contributed by atoms with Gasteiger partial charge in [-0.2, -0.15) is 0 Å². The number of aryl methyl sites for hydroxylation is 1. The monoisotopic (exact) mass is 415 g/mol. The number of likely N-dealkylation sites (tertiary alicyclic amines) is 1. The van der Waals surface area contributed by atoms with E-state index in [9.17, 15) is 13.2 Å². The predicted octanol–water partition coefficient (Wildman–Crippen LogP) is 2.32. The second kappa shape index (κ2) is 9.37. The van der Waals surface area contributed by atoms with E-state index in [1.165, 1.54) is 0 Å². The van der Waals surface area contributed by atoms with Crippen molar-refractivity contribution in [2.24, 2.45) is 5.92 Å². The molecule has 0 aromatic heterocycles. The number of carbonyl (C=O) groups is 1. The molecule has 0 radical (unpaired) electrons. The highest BCUT2D eigenvalue weighted by atomic mass is 35.5. The van der Waals surface area contributed by atoms with Crippen LogP contribution in [0.15, 0.2) is 23.1 Å². The molecule has 1 amide bonds. The van der Waals surface area contributed by atoms with Crippen molar-refractivity contribution in [3.05, 3.63) is 29.3 Å². The quantitative estimate of drug-likeness (QED) is 0.747. The van der Waals surface area contributed by atoms with Crippen LogP contribution in [0.2, 0.25) is 0 Å². The lowest BCUT2D eigenvalue weighted by molar-refractivity contribution is 0.0787. The molecule has 1 aliphatic heterocycles. The summed E-state index contributed by atoms with van der Waals surface area (Å²) in [7, 11) is -1.69. The van der Waals surface area contributed by atoms with E-state index in [0.29, 0.717) is 17.0 Å². The number of nitrogens with zero attached hydrogens (tertiary/aromatic N) is 1. The SMILES string of the molecule is CNCC1CCN(C(=O)c2ccc(C)c(S(=O)(=O)NC3CCCC3)c2)C1.Cl. The first-order chi connectivity index (χ1) is 12.4. The van der Waals surface area contributed by atoms with Crippen LogP contribution in [-0.2, 0) is 10.0 Å². The van der Waals surface area contributed by atoms with Crippen molar-refractivity contribution in [3.63, 3.8) is 0 Å². The van der Waals surface area contributed by atoms with Crippen LogP contribution in [0.1, 0.15) is 48.0 Å². The largest absolute Gasteiger partial charge is 0.338 e. The molecule has 6 nitrogen and oxygen atoms in total. The van der Waals surface area contributed by atoms with Gasteiger partial charge in [0.25, 0.3) is 5.91 Å². The highest BCUT2D eigenvalue weighted by Gasteiger charge is 2.29. The van der Waals surface area contributed by atoms with Gasteiger partial charge in [-0.05, 0) is 63.4 Å². The molecule has 3 rings (SSSR count). The topological polar surface area (TPSA) is 78.5 Å². The first-order valence-corrected chi connectivity index (χ1v) is 11.0. The Balaban J connectivity index is 0.00000261. The second-order valence-corrected chi connectivity index (χ2v) is 9.23. The molecule has 1 aromatic rings. The lowest BCUT2D eigenvalue weighted by Gasteiger charge is -2.18. The van der Waals surface area contributed by atoms with Crippen LogP contribution < -0.4 is 10.0 Å². The zero-order valence-corrected chi connectivity index (χ0v) is 17.7. The van der Waals surface area contributed by atoms with Crippen LogP contribution in [0.3, 0.4) is 0 Å². The molecule has 1 aliphatic carbocycles. The Morgan fingerprint density at radius 1 is 1.22 bits per heavy atom. The molecule has 2 N–H and O–H groups in total. The van der Waals surface area contributed by atoms with Gasteiger partial charge in [-0.15, -0.1) is 12.4 Å². The van der Waals surface area contributed by atoms with Gasteiger partial charge in [-0.1, -0.05) is 18.9 Å². The molecule has 1 aromatic carbocycles. The van der Waals surface area contributed by atoms with Crippen LogP contribution in [0, 0.1) is 12.8 Å². The Hall–Kier alpha value is -1.15. The van der Waals surface area contributed by atoms with Crippen molar-refractivity contribution in [1.82, 2.24) is 14.9 Å². The Morgan fingerprint density at radius 2 is 1.93 bits per heavy atom. The number of halogens is 1. The minimum atomic E-state index is -3.60. The van der Waals surface area contributed by atoms with Crippen molar-refractivity contribution in [1.29, 1.82) is 0 Å². The summed E-state index contributed by atoms with van der Waals surface area (Å²) in [6.07, 6.45) is 4.88. The molecular formula is C19H30ClN3O3S. The summed E-state index contributed by atoms with van der Waals surface area (Å²) in [5.74, 6) is 0.377. The minimum Gasteiger partial charge on any atom is -0.338 e. The van der Waals surface area contributed by atoms with E-state index in [2.05, 4.69) is 10.0 Å². The van der Waals surface area contributed by atoms with Gasteiger partial charge in [0, 0.05) is 24.7 Å². The fourth-order valence-electron chi connectivity index (χ4n) is 4.00. The third kappa shape index (κ3) is 5.22. The summed E-state index contributed by atoms with van der Waals surface area (Å²) in [6.45, 7) is 4.11. The van der Waals surface area contributed by atoms with Gasteiger partial charge in [0.1, 0.15) is 0 Å². The maximum atomic E-state index is 12.8. The van der Waals surface area contributed by atoms with Gasteiger partial charge in [0.05, 0.1) is 4.90 Å². The van der Waals surface area contributed by atoms with Crippen molar-refractivity contribution < 1.29 is 13.2 Å². The Labute approximate surface area is 168 Å². The molecule has 0 bridgehead atoms. The predicted molar refractivity (Wildman–Crippen MR) is 109 cm³/mol. The second-order valence-electron chi connectivity index (χ2n) is 7.55. The van der Waals surface area contributed by atoms with Crippen LogP contribution in [0.4, 0.5) is 0 Å². The number of sulfonamides is 1. The van der Waals surface area contributed by atoms with E-state index in [4.69, 9.17) is 0 Å². The summed E-state index contributed by atoms with van der Waals surface area (Å²) in [4.78, 5) is 14.9. The van der Waals surface area contributed by atoms with Crippen LogP contribution >= 0.6 is 12.4 Å². The van der Waals surface area contributed by atoms with E-state index in [-0.39, 0.29) is 29.3 Å². The lowest BCUT2D eigenvalue weighted by atomic mass is 10.1. The zero-order chi connectivity index (χ0) is 18.7. The standard InChI is InChI=1S/C19H29N3O3S.ClH/c1-14-7-8-16(19(23)22-10-9-15(13-22)12-20-2)11-18(14)26(24,25)21-17-5-3-4-6-17;/h7-8,11,15,17,20-21H,3-6,9-10,12-13H2,1-2H3;1H. The fraction of sp³-hybridized carbons (Fsp3) is 0.632. The summed E-state index contributed by atoms with van der Waals surface area (Å²) in [5, 5.41) is 3.15. The van der Waals surface area contributed by atoms with Crippen LogP contribution in [0.5, 0.6) is 0 Å². The summed E-state index contributed by atoms with van der Waals surface area (Å²) in [6, 6.07) is 5.02. The normalized spacial score (nSPS) is 20.7. The van der Waals surface area contributed by atoms with Gasteiger partial charge in [0.2, 0.25) is 10.0 Å². The van der Waals surface area contributed by atoms with E-state index in [0.717, 1.165) is 51.7 Å². The number of carbonyl (C=O) groups excluding carboxylic acids is 1. The molecule has 27 heavy (non-hydrogen) atoms. The van der Waals surface area contributed by atoms with Gasteiger partial charge in [-0.3, -0.25) is 4.79 Å². The smallest absolute Gasteiger partial charge is 0.253 e. The molecule has 2 aliphatic rings. The number of hydrogen-bond acceptors (Lipinski definition) is 4. The van der Waals surface area contributed by atoms with Gasteiger partial charge in [0.15, 0.2) is 0 Å². The number of amides is 1. The van der Waals surface area contributed by atoms with E-state index in [1.807, 2.05) is 11.9 Å². The molecule has 0 spiro atoms. The van der Waals surface area contributed by atoms with E-state index >= 15 is 0 Å². The van der Waals surface area contributed by atoms with Gasteiger partial charge < -0.3 is 10.2 Å². The average molecular weight is 416 g/mol. The summed E-state index contributed by atoms with van der Waals surface area (Å²) < 4.78 is 28.4. The summed E-state index contributed by atoms with van der Waals surface area (Å²) in [5.41, 5.74) is 1.12. The van der Waals surface area contributed by atoms with E-state index in [1.54, 1.807) is 25.1 Å². The van der Waals surface area contributed by atoms with Crippen molar-refractivity contribution in [2.75, 3.05) is 26.7 Å². The van der Waals surface area contributed by atoms with Crippen molar-refractivity contribution in [2.45, 2.75) is 50.0 Å². The van der Waals surface area contributed by atoms with Gasteiger partial charge >= 0.3 is 0 Å². The molecule has 1 heterocycles. The van der Waals surface area contributed by atoms with E-state index < -0.39 is 10.0 Å². The first kappa shape index (κ1) is 22.1. The molecular weight excluding hydrogens is 386 g/mol. The molecule has 1 saturated heterocycles. The minimum absolute atomic E-state index is 0. The summed E-state index contributed by atoms with van der Waals surface area (Å²) >= 11 is 0. The molecule has 1 saturated carbocycles. The van der Waals surface area contributed by atoms with Crippen molar-refractivity contribution >= 4 is 28.3 Å². The Kier molecular flexibility index (Phi) is 7.68. The maximum Gasteiger partial charge on any atom is 0.253 e. The average Bonchev–Trinajstić information content (AvgIpc) is 3.26. The third-order valence-electron chi connectivity index (χ3n) is 5.47. The van der Waals surface area contributed by atoms with Crippen molar-refractivity contribution in [3.8, 4) is 0 Å². The molecule has 1 unspecified atom stereocenters. The fourth-order valence-corrected chi connectivity index (χ4v) is 5.58. The number of benzene rings is 1.